The molecule has 0 radical (unpaired) electrons. The second kappa shape index (κ2) is 7.23. The molecule has 0 aromatic carbocycles. The summed E-state index contributed by atoms with van der Waals surface area (Å²) >= 11 is 0. The van der Waals surface area contributed by atoms with E-state index in [9.17, 15) is 4.79 Å². The van der Waals surface area contributed by atoms with Gasteiger partial charge in [-0.15, -0.1) is 0 Å². The van der Waals surface area contributed by atoms with Crippen LogP contribution in [0.15, 0.2) is 6.33 Å². The maximum absolute atomic E-state index is 11.7. The molecule has 1 aliphatic rings. The van der Waals surface area contributed by atoms with Gasteiger partial charge in [0, 0.05) is 26.4 Å². The first-order valence-electron chi connectivity index (χ1n) is 7.06. The second-order valence-electron chi connectivity index (χ2n) is 5.17. The summed E-state index contributed by atoms with van der Waals surface area (Å²) < 4.78 is 1.67. The van der Waals surface area contributed by atoms with Crippen LogP contribution in [0.3, 0.4) is 0 Å². The molecule has 0 spiro atoms. The van der Waals surface area contributed by atoms with Gasteiger partial charge in [0.05, 0.1) is 0 Å². The zero-order chi connectivity index (χ0) is 13.5. The molecular weight excluding hydrogens is 242 g/mol. The molecule has 2 N–H and O–H groups in total. The van der Waals surface area contributed by atoms with Crippen molar-refractivity contribution in [2.75, 3.05) is 19.6 Å². The van der Waals surface area contributed by atoms with Crippen molar-refractivity contribution >= 4 is 5.91 Å². The maximum atomic E-state index is 11.7. The van der Waals surface area contributed by atoms with Gasteiger partial charge in [0.1, 0.15) is 6.33 Å². The van der Waals surface area contributed by atoms with Crippen LogP contribution in [0.4, 0.5) is 0 Å². The predicted octanol–water partition coefficient (Wildman–Crippen LogP) is 0.254. The lowest BCUT2D eigenvalue weighted by Crippen LogP contribution is -2.30. The third kappa shape index (κ3) is 4.98. The van der Waals surface area contributed by atoms with Crippen LogP contribution in [0.25, 0.3) is 0 Å². The minimum absolute atomic E-state index is 0.148. The number of hydrogen-bond acceptors (Lipinski definition) is 4. The fourth-order valence-corrected chi connectivity index (χ4v) is 2.41. The smallest absolute Gasteiger partial charge is 0.220 e. The van der Waals surface area contributed by atoms with Crippen molar-refractivity contribution in [2.24, 2.45) is 13.0 Å². The number of amides is 1. The normalized spacial score (nSPS) is 16.5. The van der Waals surface area contributed by atoms with Gasteiger partial charge in [-0.3, -0.25) is 9.48 Å². The molecule has 1 saturated heterocycles. The summed E-state index contributed by atoms with van der Waals surface area (Å²) in [5, 5.41) is 10.5. The lowest BCUT2D eigenvalue weighted by atomic mass is 9.93. The monoisotopic (exact) mass is 265 g/mol. The number of hydrogen-bond donors (Lipinski definition) is 2. The van der Waals surface area contributed by atoms with Gasteiger partial charge in [0.15, 0.2) is 5.82 Å². The van der Waals surface area contributed by atoms with E-state index in [4.69, 9.17) is 0 Å². The first-order chi connectivity index (χ1) is 9.24. The number of rotatable bonds is 6. The first kappa shape index (κ1) is 14.0. The Morgan fingerprint density at radius 2 is 2.32 bits per heavy atom. The van der Waals surface area contributed by atoms with Crippen molar-refractivity contribution in [1.29, 1.82) is 0 Å². The van der Waals surface area contributed by atoms with E-state index in [2.05, 4.69) is 20.7 Å². The lowest BCUT2D eigenvalue weighted by molar-refractivity contribution is -0.121. The summed E-state index contributed by atoms with van der Waals surface area (Å²) in [7, 11) is 1.84. The molecule has 6 nitrogen and oxygen atoms in total. The van der Waals surface area contributed by atoms with Crippen LogP contribution in [-0.4, -0.2) is 40.3 Å². The van der Waals surface area contributed by atoms with E-state index >= 15 is 0 Å². The molecule has 6 heteroatoms. The SMILES string of the molecule is Cn1cnc(CCNC(=O)CCC2CCNCC2)n1. The van der Waals surface area contributed by atoms with Crippen LogP contribution in [0.5, 0.6) is 0 Å². The van der Waals surface area contributed by atoms with Crippen LogP contribution < -0.4 is 10.6 Å². The van der Waals surface area contributed by atoms with Crippen molar-refractivity contribution in [3.8, 4) is 0 Å². The summed E-state index contributed by atoms with van der Waals surface area (Å²) in [6, 6.07) is 0. The summed E-state index contributed by atoms with van der Waals surface area (Å²) in [4.78, 5) is 15.8. The summed E-state index contributed by atoms with van der Waals surface area (Å²) in [6.45, 7) is 2.81. The van der Waals surface area contributed by atoms with Crippen molar-refractivity contribution in [1.82, 2.24) is 25.4 Å². The number of carbonyl (C=O) groups is 1. The van der Waals surface area contributed by atoms with E-state index in [0.29, 0.717) is 25.3 Å². The number of piperidine rings is 1. The largest absolute Gasteiger partial charge is 0.356 e. The molecule has 0 saturated carbocycles. The average Bonchev–Trinajstić information content (AvgIpc) is 2.83. The molecule has 2 rings (SSSR count). The van der Waals surface area contributed by atoms with Crippen molar-refractivity contribution in [3.05, 3.63) is 12.2 Å². The molecule has 1 amide bonds. The average molecular weight is 265 g/mol. The first-order valence-corrected chi connectivity index (χ1v) is 7.06. The van der Waals surface area contributed by atoms with E-state index in [1.54, 1.807) is 11.0 Å². The third-order valence-electron chi connectivity index (χ3n) is 3.56. The van der Waals surface area contributed by atoms with Crippen molar-refractivity contribution < 1.29 is 4.79 Å². The van der Waals surface area contributed by atoms with E-state index in [1.165, 1.54) is 12.8 Å². The molecule has 1 aromatic rings. The Morgan fingerprint density at radius 3 is 3.00 bits per heavy atom. The molecule has 0 atom stereocenters. The van der Waals surface area contributed by atoms with Gasteiger partial charge in [-0.25, -0.2) is 4.98 Å². The second-order valence-corrected chi connectivity index (χ2v) is 5.17. The summed E-state index contributed by atoms with van der Waals surface area (Å²) in [5.74, 6) is 1.64. The van der Waals surface area contributed by atoms with Crippen LogP contribution in [-0.2, 0) is 18.3 Å². The Hall–Kier alpha value is -1.43. The fraction of sp³-hybridized carbons (Fsp3) is 0.769. The highest BCUT2D eigenvalue weighted by Gasteiger charge is 2.14. The highest BCUT2D eigenvalue weighted by Crippen LogP contribution is 2.17. The Bertz CT molecular complexity index is 397. The minimum atomic E-state index is 0.148. The zero-order valence-electron chi connectivity index (χ0n) is 11.6. The Balaban J connectivity index is 1.56. The third-order valence-corrected chi connectivity index (χ3v) is 3.56. The standard InChI is InChI=1S/C13H23N5O/c1-18-10-16-12(17-18)6-9-15-13(19)3-2-11-4-7-14-8-5-11/h10-11,14H,2-9H2,1H3,(H,15,19). The zero-order valence-corrected chi connectivity index (χ0v) is 11.6. The van der Waals surface area contributed by atoms with E-state index in [0.717, 1.165) is 25.3 Å². The van der Waals surface area contributed by atoms with Crippen LogP contribution in [0.2, 0.25) is 0 Å². The van der Waals surface area contributed by atoms with Crippen LogP contribution >= 0.6 is 0 Å². The molecule has 1 aliphatic heterocycles. The van der Waals surface area contributed by atoms with Gasteiger partial charge < -0.3 is 10.6 Å². The highest BCUT2D eigenvalue weighted by molar-refractivity contribution is 5.75. The number of aryl methyl sites for hydroxylation is 1. The molecular formula is C13H23N5O. The molecule has 2 heterocycles. The lowest BCUT2D eigenvalue weighted by Gasteiger charge is -2.22. The van der Waals surface area contributed by atoms with Gasteiger partial charge >= 0.3 is 0 Å². The molecule has 1 aromatic heterocycles. The van der Waals surface area contributed by atoms with Crippen LogP contribution in [0, 0.1) is 5.92 Å². The fourth-order valence-electron chi connectivity index (χ4n) is 2.41. The van der Waals surface area contributed by atoms with E-state index in [-0.39, 0.29) is 5.91 Å². The molecule has 1 fully saturated rings. The molecule has 19 heavy (non-hydrogen) atoms. The van der Waals surface area contributed by atoms with Crippen LogP contribution in [0.1, 0.15) is 31.5 Å². The topological polar surface area (TPSA) is 71.8 Å². The van der Waals surface area contributed by atoms with Gasteiger partial charge in [0.25, 0.3) is 0 Å². The van der Waals surface area contributed by atoms with Gasteiger partial charge in [0.2, 0.25) is 5.91 Å². The predicted molar refractivity (Wildman–Crippen MR) is 72.5 cm³/mol. The van der Waals surface area contributed by atoms with Gasteiger partial charge in [-0.2, -0.15) is 5.10 Å². The summed E-state index contributed by atoms with van der Waals surface area (Å²) in [6.07, 6.45) is 6.42. The molecule has 0 aliphatic carbocycles. The molecule has 0 bridgehead atoms. The Kier molecular flexibility index (Phi) is 5.32. The minimum Gasteiger partial charge on any atom is -0.356 e. The van der Waals surface area contributed by atoms with Gasteiger partial charge in [-0.1, -0.05) is 0 Å². The van der Waals surface area contributed by atoms with Gasteiger partial charge in [-0.05, 0) is 38.3 Å². The highest BCUT2D eigenvalue weighted by atomic mass is 16.1. The van der Waals surface area contributed by atoms with E-state index in [1.807, 2.05) is 7.05 Å². The van der Waals surface area contributed by atoms with Crippen molar-refractivity contribution in [3.63, 3.8) is 0 Å². The molecule has 0 unspecified atom stereocenters. The number of nitrogens with one attached hydrogen (secondary N) is 2. The molecule has 106 valence electrons. The Labute approximate surface area is 114 Å². The quantitative estimate of drug-likeness (QED) is 0.773. The Morgan fingerprint density at radius 1 is 1.53 bits per heavy atom. The maximum Gasteiger partial charge on any atom is 0.220 e. The number of nitrogens with zero attached hydrogens (tertiary/aromatic N) is 3. The van der Waals surface area contributed by atoms with E-state index < -0.39 is 0 Å². The van der Waals surface area contributed by atoms with Crippen molar-refractivity contribution in [2.45, 2.75) is 32.1 Å². The summed E-state index contributed by atoms with van der Waals surface area (Å²) in [5.41, 5.74) is 0. The number of aromatic nitrogens is 3. The number of carbonyl (C=O) groups excluding carboxylic acids is 1.